The smallest absolute Gasteiger partial charge is 0.406 e. The van der Waals surface area contributed by atoms with E-state index in [0.29, 0.717) is 22.6 Å². The highest BCUT2D eigenvalue weighted by molar-refractivity contribution is 6.39. The molecule has 0 aliphatic rings. The molecular weight excluding hydrogens is 528 g/mol. The van der Waals surface area contributed by atoms with Gasteiger partial charge in [-0.05, 0) is 42.5 Å². The van der Waals surface area contributed by atoms with Crippen molar-refractivity contribution in [3.05, 3.63) is 100 Å². The molecule has 186 valence electrons. The Bertz CT molecular complexity index is 1410. The number of nitrogens with zero attached hydrogens (tertiary/aromatic N) is 4. The van der Waals surface area contributed by atoms with E-state index >= 15 is 0 Å². The summed E-state index contributed by atoms with van der Waals surface area (Å²) in [7, 11) is 0. The first-order valence-corrected chi connectivity index (χ1v) is 11.0. The Morgan fingerprint density at radius 3 is 1.95 bits per heavy atom. The van der Waals surface area contributed by atoms with Crippen LogP contribution in [-0.4, -0.2) is 16.3 Å². The van der Waals surface area contributed by atoms with E-state index in [1.165, 1.54) is 12.3 Å². The van der Waals surface area contributed by atoms with Crippen molar-refractivity contribution >= 4 is 46.3 Å². The number of aromatic nitrogens is 2. The molecule has 4 aromatic rings. The van der Waals surface area contributed by atoms with Crippen molar-refractivity contribution in [1.29, 1.82) is 10.5 Å². The molecule has 12 heteroatoms. The largest absolute Gasteiger partial charge is 0.573 e. The predicted octanol–water partition coefficient (Wildman–Crippen LogP) is 7.60. The quantitative estimate of drug-likeness (QED) is 0.267. The molecule has 2 N–H and O–H groups in total. The Morgan fingerprint density at radius 2 is 1.41 bits per heavy atom. The SMILES string of the molecule is N#Cc1ccc(Nc2nccc(Nc3c(Cl)cc(OC(F)(F)F)cc3Cl)n2)cc1.N#Cc1ccccc1. The number of halogens is 5. The second-order valence-electron chi connectivity index (χ2n) is 6.99. The van der Waals surface area contributed by atoms with Gasteiger partial charge >= 0.3 is 6.36 Å². The van der Waals surface area contributed by atoms with Gasteiger partial charge in [-0.1, -0.05) is 41.4 Å². The predicted molar refractivity (Wildman–Crippen MR) is 134 cm³/mol. The van der Waals surface area contributed by atoms with Gasteiger partial charge in [-0.15, -0.1) is 13.2 Å². The van der Waals surface area contributed by atoms with Crippen LogP contribution in [0.5, 0.6) is 5.75 Å². The Balaban J connectivity index is 0.000000405. The number of anilines is 4. The van der Waals surface area contributed by atoms with Crippen LogP contribution in [0.25, 0.3) is 0 Å². The number of alkyl halides is 3. The Labute approximate surface area is 219 Å². The van der Waals surface area contributed by atoms with Gasteiger partial charge in [-0.2, -0.15) is 15.5 Å². The minimum Gasteiger partial charge on any atom is -0.406 e. The molecule has 0 aliphatic heterocycles. The van der Waals surface area contributed by atoms with Crippen molar-refractivity contribution in [3.8, 4) is 17.9 Å². The maximum Gasteiger partial charge on any atom is 0.573 e. The second kappa shape index (κ2) is 12.5. The van der Waals surface area contributed by atoms with E-state index in [-0.39, 0.29) is 21.7 Å². The van der Waals surface area contributed by atoms with E-state index in [0.717, 1.165) is 12.1 Å². The maximum absolute atomic E-state index is 12.4. The van der Waals surface area contributed by atoms with Crippen LogP contribution in [0.1, 0.15) is 11.1 Å². The van der Waals surface area contributed by atoms with Gasteiger partial charge in [0.05, 0.1) is 39.0 Å². The van der Waals surface area contributed by atoms with Gasteiger partial charge in [-0.3, -0.25) is 0 Å². The van der Waals surface area contributed by atoms with Gasteiger partial charge in [0.15, 0.2) is 0 Å². The minimum absolute atomic E-state index is 0.0861. The summed E-state index contributed by atoms with van der Waals surface area (Å²) in [6, 6.07) is 23.3. The summed E-state index contributed by atoms with van der Waals surface area (Å²) in [4.78, 5) is 8.32. The van der Waals surface area contributed by atoms with Gasteiger partial charge in [-0.25, -0.2) is 4.98 Å². The number of hydrogen-bond acceptors (Lipinski definition) is 7. The molecule has 3 aromatic carbocycles. The van der Waals surface area contributed by atoms with Gasteiger partial charge in [0.1, 0.15) is 11.6 Å². The van der Waals surface area contributed by atoms with Crippen molar-refractivity contribution in [2.45, 2.75) is 6.36 Å². The fourth-order valence-corrected chi connectivity index (χ4v) is 3.31. The molecule has 0 amide bonds. The highest BCUT2D eigenvalue weighted by atomic mass is 35.5. The molecule has 0 bridgehead atoms. The third-order valence-electron chi connectivity index (χ3n) is 4.33. The first-order chi connectivity index (χ1) is 17.7. The molecule has 1 heterocycles. The van der Waals surface area contributed by atoms with E-state index in [4.69, 9.17) is 33.7 Å². The molecular formula is C25H15Cl2F3N6O. The fraction of sp³-hybridized carbons (Fsp3) is 0.0400. The summed E-state index contributed by atoms with van der Waals surface area (Å²) in [5, 5.41) is 22.7. The van der Waals surface area contributed by atoms with Crippen LogP contribution < -0.4 is 15.4 Å². The lowest BCUT2D eigenvalue weighted by molar-refractivity contribution is -0.274. The zero-order valence-electron chi connectivity index (χ0n) is 18.6. The van der Waals surface area contributed by atoms with Crippen molar-refractivity contribution in [2.24, 2.45) is 0 Å². The Kier molecular flexibility index (Phi) is 9.11. The zero-order valence-corrected chi connectivity index (χ0v) is 20.1. The first-order valence-electron chi connectivity index (χ1n) is 10.2. The lowest BCUT2D eigenvalue weighted by Crippen LogP contribution is -2.17. The molecule has 0 unspecified atom stereocenters. The summed E-state index contributed by atoms with van der Waals surface area (Å²) in [5.41, 5.74) is 2.04. The molecule has 0 spiro atoms. The molecule has 7 nitrogen and oxygen atoms in total. The molecule has 0 radical (unpaired) electrons. The topological polar surface area (TPSA) is 107 Å². The summed E-state index contributed by atoms with van der Waals surface area (Å²) < 4.78 is 40.9. The van der Waals surface area contributed by atoms with Crippen LogP contribution in [0.4, 0.5) is 36.3 Å². The average molecular weight is 543 g/mol. The lowest BCUT2D eigenvalue weighted by atomic mass is 10.2. The summed E-state index contributed by atoms with van der Waals surface area (Å²) in [6.45, 7) is 0. The van der Waals surface area contributed by atoms with E-state index in [9.17, 15) is 13.2 Å². The standard InChI is InChI=1S/C18H10Cl2F3N5O.C7H5N/c19-13-7-12(29-18(21,22)23)8-14(20)16(13)27-15-5-6-25-17(28-15)26-11-3-1-10(9-24)2-4-11;8-6-7-4-2-1-3-5-7/h1-8H,(H2,25,26,27,28);1-5H. The first kappa shape index (κ1) is 27.1. The molecule has 4 rings (SSSR count). The molecule has 0 fully saturated rings. The second-order valence-corrected chi connectivity index (χ2v) is 7.81. The number of nitrogens with one attached hydrogen (secondary N) is 2. The van der Waals surface area contributed by atoms with Gasteiger partial charge in [0, 0.05) is 24.0 Å². The molecule has 1 aromatic heterocycles. The number of nitriles is 2. The number of benzene rings is 3. The van der Waals surface area contributed by atoms with E-state index in [1.807, 2.05) is 30.3 Å². The summed E-state index contributed by atoms with van der Waals surface area (Å²) in [5.74, 6) is -0.00248. The van der Waals surface area contributed by atoms with Crippen molar-refractivity contribution in [3.63, 3.8) is 0 Å². The third-order valence-corrected chi connectivity index (χ3v) is 4.93. The molecule has 0 atom stereocenters. The fourth-order valence-electron chi connectivity index (χ4n) is 2.75. The summed E-state index contributed by atoms with van der Waals surface area (Å²) in [6.07, 6.45) is -3.40. The van der Waals surface area contributed by atoms with Crippen LogP contribution in [0, 0.1) is 22.7 Å². The van der Waals surface area contributed by atoms with Crippen LogP contribution in [-0.2, 0) is 0 Å². The monoisotopic (exact) mass is 542 g/mol. The van der Waals surface area contributed by atoms with Crippen LogP contribution in [0.2, 0.25) is 10.0 Å². The normalized spacial score (nSPS) is 10.2. The number of hydrogen-bond donors (Lipinski definition) is 2. The minimum atomic E-state index is -4.86. The van der Waals surface area contributed by atoms with Gasteiger partial charge < -0.3 is 15.4 Å². The van der Waals surface area contributed by atoms with Crippen LogP contribution >= 0.6 is 23.2 Å². The third kappa shape index (κ3) is 8.58. The van der Waals surface area contributed by atoms with Crippen molar-refractivity contribution < 1.29 is 17.9 Å². The molecule has 37 heavy (non-hydrogen) atoms. The zero-order chi connectivity index (χ0) is 26.8. The van der Waals surface area contributed by atoms with Crippen molar-refractivity contribution in [1.82, 2.24) is 9.97 Å². The van der Waals surface area contributed by atoms with Gasteiger partial charge in [0.25, 0.3) is 0 Å². The lowest BCUT2D eigenvalue weighted by Gasteiger charge is -2.14. The van der Waals surface area contributed by atoms with E-state index in [1.54, 1.807) is 36.4 Å². The van der Waals surface area contributed by atoms with Crippen LogP contribution in [0.15, 0.2) is 79.0 Å². The average Bonchev–Trinajstić information content (AvgIpc) is 2.87. The highest BCUT2D eigenvalue weighted by Crippen LogP contribution is 2.38. The number of rotatable bonds is 5. The van der Waals surface area contributed by atoms with Crippen molar-refractivity contribution in [2.75, 3.05) is 10.6 Å². The van der Waals surface area contributed by atoms with E-state index in [2.05, 4.69) is 25.3 Å². The Hall–Kier alpha value is -4.51. The Morgan fingerprint density at radius 1 is 0.811 bits per heavy atom. The summed E-state index contributed by atoms with van der Waals surface area (Å²) >= 11 is 12.1. The molecule has 0 saturated carbocycles. The highest BCUT2D eigenvalue weighted by Gasteiger charge is 2.31. The molecule has 0 saturated heterocycles. The van der Waals surface area contributed by atoms with Crippen LogP contribution in [0.3, 0.4) is 0 Å². The maximum atomic E-state index is 12.4. The number of ether oxygens (including phenoxy) is 1. The van der Waals surface area contributed by atoms with Gasteiger partial charge in [0.2, 0.25) is 5.95 Å². The van der Waals surface area contributed by atoms with E-state index < -0.39 is 12.1 Å². The molecule has 0 aliphatic carbocycles.